The van der Waals surface area contributed by atoms with Crippen molar-refractivity contribution in [2.24, 2.45) is 0 Å². The van der Waals surface area contributed by atoms with Crippen LogP contribution < -0.4 is 5.73 Å². The largest absolute Gasteiger partial charge is 0.398 e. The molecule has 0 bridgehead atoms. The second kappa shape index (κ2) is 9.85. The number of rotatable bonds is 2. The molecule has 1 aromatic rings. The van der Waals surface area contributed by atoms with Crippen LogP contribution in [-0.2, 0) is 0 Å². The van der Waals surface area contributed by atoms with Crippen LogP contribution in [-0.4, -0.2) is 47.9 Å². The molecule has 0 radical (unpaired) electrons. The average molecular weight is 439 g/mol. The Hall–Kier alpha value is -0.490. The number of piperidine rings is 2. The van der Waals surface area contributed by atoms with Gasteiger partial charge in [-0.15, -0.1) is 24.8 Å². The molecule has 2 saturated heterocycles. The summed E-state index contributed by atoms with van der Waals surface area (Å²) in [4.78, 5) is 17.2. The van der Waals surface area contributed by atoms with Crippen LogP contribution in [0.25, 0.3) is 0 Å². The summed E-state index contributed by atoms with van der Waals surface area (Å²) < 4.78 is 0.908. The van der Waals surface area contributed by atoms with Crippen molar-refractivity contribution >= 4 is 52.3 Å². The summed E-state index contributed by atoms with van der Waals surface area (Å²) in [5, 5.41) is 0. The van der Waals surface area contributed by atoms with E-state index in [1.807, 2.05) is 17.0 Å². The molecule has 0 aliphatic carbocycles. The molecule has 24 heavy (non-hydrogen) atoms. The Kier molecular flexibility index (Phi) is 8.85. The molecule has 7 heteroatoms. The number of nitrogens with two attached hydrogens (primary N) is 1. The zero-order valence-corrected chi connectivity index (χ0v) is 17.0. The molecule has 0 saturated carbocycles. The molecule has 4 nitrogen and oxygen atoms in total. The summed E-state index contributed by atoms with van der Waals surface area (Å²) in [6, 6.07) is 6.16. The molecule has 2 aliphatic rings. The monoisotopic (exact) mass is 437 g/mol. The van der Waals surface area contributed by atoms with E-state index in [-0.39, 0.29) is 30.7 Å². The first-order valence-corrected chi connectivity index (χ1v) is 9.03. The number of amides is 1. The van der Waals surface area contributed by atoms with Crippen molar-refractivity contribution in [1.82, 2.24) is 9.80 Å². The fourth-order valence-corrected chi connectivity index (χ4v) is 4.00. The van der Waals surface area contributed by atoms with Gasteiger partial charge in [-0.1, -0.05) is 22.4 Å². The molecule has 2 fully saturated rings. The summed E-state index contributed by atoms with van der Waals surface area (Å²) in [5.41, 5.74) is 7.17. The lowest BCUT2D eigenvalue weighted by Crippen LogP contribution is -2.48. The van der Waals surface area contributed by atoms with E-state index in [1.54, 1.807) is 6.07 Å². The van der Waals surface area contributed by atoms with E-state index in [0.717, 1.165) is 30.4 Å². The van der Waals surface area contributed by atoms with Gasteiger partial charge in [0.15, 0.2) is 0 Å². The van der Waals surface area contributed by atoms with Crippen molar-refractivity contribution < 1.29 is 4.79 Å². The highest BCUT2D eigenvalue weighted by molar-refractivity contribution is 9.10. The topological polar surface area (TPSA) is 49.6 Å². The first-order valence-electron chi connectivity index (χ1n) is 8.23. The number of nitrogens with zero attached hydrogens (tertiary/aromatic N) is 2. The van der Waals surface area contributed by atoms with Gasteiger partial charge in [-0.2, -0.15) is 0 Å². The average Bonchev–Trinajstić information content (AvgIpc) is 2.55. The van der Waals surface area contributed by atoms with Gasteiger partial charge in [0.25, 0.3) is 5.91 Å². The van der Waals surface area contributed by atoms with Gasteiger partial charge in [0.2, 0.25) is 0 Å². The van der Waals surface area contributed by atoms with E-state index in [1.165, 1.54) is 32.4 Å². The number of benzene rings is 1. The molecule has 0 aromatic heterocycles. The number of nitrogen functional groups attached to an aromatic ring is 1. The van der Waals surface area contributed by atoms with Crippen molar-refractivity contribution in [3.63, 3.8) is 0 Å². The zero-order valence-electron chi connectivity index (χ0n) is 13.7. The molecular formula is C17H26BrCl2N3O. The molecule has 2 aliphatic heterocycles. The van der Waals surface area contributed by atoms with Crippen molar-refractivity contribution in [1.29, 1.82) is 0 Å². The highest BCUT2D eigenvalue weighted by Crippen LogP contribution is 2.24. The van der Waals surface area contributed by atoms with E-state index in [4.69, 9.17) is 5.73 Å². The number of hydrogen-bond acceptors (Lipinski definition) is 3. The van der Waals surface area contributed by atoms with Gasteiger partial charge >= 0.3 is 0 Å². The molecule has 2 heterocycles. The minimum atomic E-state index is 0. The second-order valence-electron chi connectivity index (χ2n) is 6.35. The zero-order chi connectivity index (χ0) is 15.5. The van der Waals surface area contributed by atoms with Crippen LogP contribution >= 0.6 is 40.7 Å². The number of hydrogen-bond donors (Lipinski definition) is 1. The normalized spacial score (nSPS) is 19.3. The van der Waals surface area contributed by atoms with Crippen LogP contribution in [0.3, 0.4) is 0 Å². The maximum Gasteiger partial charge on any atom is 0.255 e. The Labute approximate surface area is 165 Å². The number of halogens is 3. The summed E-state index contributed by atoms with van der Waals surface area (Å²) in [6.45, 7) is 4.15. The fraction of sp³-hybridized carbons (Fsp3) is 0.588. The molecule has 0 unspecified atom stereocenters. The van der Waals surface area contributed by atoms with Crippen LogP contribution in [0.1, 0.15) is 42.5 Å². The lowest BCUT2D eigenvalue weighted by Gasteiger charge is -2.40. The molecule has 0 spiro atoms. The minimum Gasteiger partial charge on any atom is -0.398 e. The SMILES string of the molecule is Cl.Cl.Nc1cc(Br)ccc1C(=O)N1CCC(N2CCCCC2)CC1. The third-order valence-electron chi connectivity index (χ3n) is 4.90. The fourth-order valence-electron chi connectivity index (χ4n) is 3.62. The summed E-state index contributed by atoms with van der Waals surface area (Å²) in [7, 11) is 0. The van der Waals surface area contributed by atoms with Crippen LogP contribution in [0.2, 0.25) is 0 Å². The van der Waals surface area contributed by atoms with Gasteiger partial charge in [0.05, 0.1) is 5.56 Å². The first kappa shape index (κ1) is 21.6. The van der Waals surface area contributed by atoms with Crippen molar-refractivity contribution in [3.8, 4) is 0 Å². The Balaban J connectivity index is 0.00000144. The van der Waals surface area contributed by atoms with Gasteiger partial charge in [-0.3, -0.25) is 4.79 Å². The van der Waals surface area contributed by atoms with E-state index >= 15 is 0 Å². The molecule has 3 rings (SSSR count). The van der Waals surface area contributed by atoms with Crippen LogP contribution in [0.4, 0.5) is 5.69 Å². The van der Waals surface area contributed by atoms with Crippen LogP contribution in [0.5, 0.6) is 0 Å². The van der Waals surface area contributed by atoms with E-state index < -0.39 is 0 Å². The van der Waals surface area contributed by atoms with Gasteiger partial charge < -0.3 is 15.5 Å². The Morgan fingerprint density at radius 1 is 1.04 bits per heavy atom. The molecule has 136 valence electrons. The molecule has 2 N–H and O–H groups in total. The van der Waals surface area contributed by atoms with E-state index in [9.17, 15) is 4.79 Å². The maximum absolute atomic E-state index is 12.6. The van der Waals surface area contributed by atoms with Crippen LogP contribution in [0, 0.1) is 0 Å². The van der Waals surface area contributed by atoms with Crippen molar-refractivity contribution in [2.75, 3.05) is 31.9 Å². The number of carbonyl (C=O) groups is 1. The third kappa shape index (κ3) is 5.01. The standard InChI is InChI=1S/C17H24BrN3O.2ClH/c18-13-4-5-15(16(19)12-13)17(22)21-10-6-14(7-11-21)20-8-2-1-3-9-20;;/h4-5,12,14H,1-3,6-11,19H2;2*1H. The molecule has 1 aromatic carbocycles. The molecule has 0 atom stereocenters. The summed E-state index contributed by atoms with van der Waals surface area (Å²) in [5.74, 6) is 0.0714. The Bertz CT molecular complexity index is 545. The quantitative estimate of drug-likeness (QED) is 0.710. The minimum absolute atomic E-state index is 0. The van der Waals surface area contributed by atoms with Gasteiger partial charge in [0, 0.05) is 29.3 Å². The predicted molar refractivity (Wildman–Crippen MR) is 107 cm³/mol. The lowest BCUT2D eigenvalue weighted by molar-refractivity contribution is 0.0591. The molecule has 1 amide bonds. The van der Waals surface area contributed by atoms with Gasteiger partial charge in [0.1, 0.15) is 0 Å². The number of anilines is 1. The predicted octanol–water partition coefficient (Wildman–Crippen LogP) is 3.97. The Morgan fingerprint density at radius 2 is 1.67 bits per heavy atom. The van der Waals surface area contributed by atoms with E-state index in [0.29, 0.717) is 17.3 Å². The van der Waals surface area contributed by atoms with Gasteiger partial charge in [-0.05, 0) is 57.0 Å². The summed E-state index contributed by atoms with van der Waals surface area (Å²) >= 11 is 3.38. The number of carbonyl (C=O) groups excluding carboxylic acids is 1. The van der Waals surface area contributed by atoms with Crippen LogP contribution in [0.15, 0.2) is 22.7 Å². The lowest BCUT2D eigenvalue weighted by atomic mass is 9.99. The summed E-state index contributed by atoms with van der Waals surface area (Å²) in [6.07, 6.45) is 6.20. The van der Waals surface area contributed by atoms with Gasteiger partial charge in [-0.25, -0.2) is 0 Å². The van der Waals surface area contributed by atoms with Crippen molar-refractivity contribution in [3.05, 3.63) is 28.2 Å². The highest BCUT2D eigenvalue weighted by atomic mass is 79.9. The second-order valence-corrected chi connectivity index (χ2v) is 7.27. The molecular weight excluding hydrogens is 413 g/mol. The van der Waals surface area contributed by atoms with Crippen molar-refractivity contribution in [2.45, 2.75) is 38.1 Å². The number of likely N-dealkylation sites (tertiary alicyclic amines) is 2. The Morgan fingerprint density at radius 3 is 2.25 bits per heavy atom. The first-order chi connectivity index (χ1) is 10.6. The van der Waals surface area contributed by atoms with E-state index in [2.05, 4.69) is 20.8 Å². The maximum atomic E-state index is 12.6. The highest BCUT2D eigenvalue weighted by Gasteiger charge is 2.28. The smallest absolute Gasteiger partial charge is 0.255 e. The third-order valence-corrected chi connectivity index (χ3v) is 5.40.